The van der Waals surface area contributed by atoms with Crippen LogP contribution in [0.2, 0.25) is 0 Å². The molecule has 6 heteroatoms. The van der Waals surface area contributed by atoms with E-state index < -0.39 is 0 Å². The van der Waals surface area contributed by atoms with Crippen molar-refractivity contribution in [2.24, 2.45) is 5.73 Å². The normalized spacial score (nSPS) is 12.6. The van der Waals surface area contributed by atoms with E-state index in [-0.39, 0.29) is 11.2 Å². The van der Waals surface area contributed by atoms with Crippen LogP contribution in [0.5, 0.6) is 0 Å². The molecule has 1 aromatic heterocycles. The lowest BCUT2D eigenvalue weighted by atomic mass is 10.2. The summed E-state index contributed by atoms with van der Waals surface area (Å²) in [6.07, 6.45) is 0.824. The van der Waals surface area contributed by atoms with E-state index in [4.69, 9.17) is 10.3 Å². The fraction of sp³-hybridized carbons (Fsp3) is 0.273. The Hall–Kier alpha value is -1.40. The van der Waals surface area contributed by atoms with Crippen LogP contribution < -0.4 is 5.73 Å². The maximum Gasteiger partial charge on any atom is 0.258 e. The van der Waals surface area contributed by atoms with Gasteiger partial charge in [0, 0.05) is 5.56 Å². The van der Waals surface area contributed by atoms with Gasteiger partial charge in [-0.2, -0.15) is 4.98 Å². The maximum atomic E-state index is 12.7. The van der Waals surface area contributed by atoms with Crippen LogP contribution in [0, 0.1) is 5.82 Å². The van der Waals surface area contributed by atoms with Crippen molar-refractivity contribution in [3.8, 4) is 11.5 Å². The summed E-state index contributed by atoms with van der Waals surface area (Å²) in [4.78, 5) is 4.18. The summed E-state index contributed by atoms with van der Waals surface area (Å²) >= 11 is 1.35. The van der Waals surface area contributed by atoms with E-state index >= 15 is 0 Å². The van der Waals surface area contributed by atoms with Crippen molar-refractivity contribution in [1.29, 1.82) is 0 Å². The number of nitrogens with two attached hydrogens (primary N) is 1. The number of aromatic nitrogens is 2. The third-order valence-electron chi connectivity index (χ3n) is 2.16. The third kappa shape index (κ3) is 3.04. The molecule has 0 unspecified atom stereocenters. The van der Waals surface area contributed by atoms with Gasteiger partial charge in [0.2, 0.25) is 5.16 Å². The van der Waals surface area contributed by atoms with Crippen molar-refractivity contribution in [3.05, 3.63) is 30.1 Å². The van der Waals surface area contributed by atoms with Crippen LogP contribution in [0.25, 0.3) is 11.5 Å². The van der Waals surface area contributed by atoms with Gasteiger partial charge in [-0.05, 0) is 35.8 Å². The van der Waals surface area contributed by atoms with Crippen LogP contribution in [0.15, 0.2) is 33.9 Å². The molecule has 1 atom stereocenters. The number of rotatable bonds is 4. The first-order chi connectivity index (χ1) is 8.19. The summed E-state index contributed by atoms with van der Waals surface area (Å²) < 4.78 is 17.8. The van der Waals surface area contributed by atoms with Crippen molar-refractivity contribution in [1.82, 2.24) is 10.1 Å². The van der Waals surface area contributed by atoms with Crippen LogP contribution in [0.3, 0.4) is 0 Å². The van der Waals surface area contributed by atoms with Crippen LogP contribution in [-0.4, -0.2) is 15.5 Å². The van der Waals surface area contributed by atoms with Crippen molar-refractivity contribution in [2.75, 3.05) is 0 Å². The molecule has 90 valence electrons. The Bertz CT molecular complexity index is 486. The summed E-state index contributed by atoms with van der Waals surface area (Å²) in [6, 6.07) is 5.89. The zero-order valence-corrected chi connectivity index (χ0v) is 10.1. The summed E-state index contributed by atoms with van der Waals surface area (Å²) in [5, 5.41) is 4.26. The van der Waals surface area contributed by atoms with Gasteiger partial charge in [0.05, 0.1) is 5.37 Å². The van der Waals surface area contributed by atoms with Crippen molar-refractivity contribution >= 4 is 11.8 Å². The SMILES string of the molecule is CC[C@H](N)Sc1noc(-c2ccc(F)cc2)n1. The van der Waals surface area contributed by atoms with Gasteiger partial charge in [-0.15, -0.1) is 0 Å². The molecule has 17 heavy (non-hydrogen) atoms. The molecule has 0 fully saturated rings. The summed E-state index contributed by atoms with van der Waals surface area (Å²) in [5.41, 5.74) is 6.46. The standard InChI is InChI=1S/C11H12FN3OS/c1-2-9(13)17-11-14-10(16-15-11)7-3-5-8(12)6-4-7/h3-6,9H,2,13H2,1H3/t9-/m1/s1. The van der Waals surface area contributed by atoms with Crippen LogP contribution >= 0.6 is 11.8 Å². The van der Waals surface area contributed by atoms with Crippen molar-refractivity contribution < 1.29 is 8.91 Å². The van der Waals surface area contributed by atoms with Gasteiger partial charge in [-0.3, -0.25) is 0 Å². The van der Waals surface area contributed by atoms with E-state index in [9.17, 15) is 4.39 Å². The molecule has 0 saturated heterocycles. The second-order valence-electron chi connectivity index (χ2n) is 3.45. The highest BCUT2D eigenvalue weighted by molar-refractivity contribution is 7.99. The Morgan fingerprint density at radius 1 is 1.41 bits per heavy atom. The average Bonchev–Trinajstić information content (AvgIpc) is 2.78. The third-order valence-corrected chi connectivity index (χ3v) is 3.17. The highest BCUT2D eigenvalue weighted by atomic mass is 32.2. The van der Waals surface area contributed by atoms with Gasteiger partial charge in [0.25, 0.3) is 5.89 Å². The first kappa shape index (κ1) is 12.1. The van der Waals surface area contributed by atoms with Crippen LogP contribution in [0.4, 0.5) is 4.39 Å². The predicted molar refractivity (Wildman–Crippen MR) is 63.8 cm³/mol. The molecule has 0 saturated carbocycles. The summed E-state index contributed by atoms with van der Waals surface area (Å²) in [5.74, 6) is 0.0756. The van der Waals surface area contributed by atoms with Crippen LogP contribution in [-0.2, 0) is 0 Å². The van der Waals surface area contributed by atoms with Gasteiger partial charge in [-0.1, -0.05) is 18.7 Å². The zero-order chi connectivity index (χ0) is 12.3. The molecular weight excluding hydrogens is 241 g/mol. The first-order valence-corrected chi connectivity index (χ1v) is 6.09. The molecule has 0 spiro atoms. The quantitative estimate of drug-likeness (QED) is 0.670. The van der Waals surface area contributed by atoms with Crippen LogP contribution in [0.1, 0.15) is 13.3 Å². The number of thioether (sulfide) groups is 1. The Balaban J connectivity index is 2.15. The molecule has 0 aliphatic rings. The second kappa shape index (κ2) is 5.29. The molecule has 2 aromatic rings. The smallest absolute Gasteiger partial charge is 0.258 e. The molecule has 4 nitrogen and oxygen atoms in total. The van der Waals surface area contributed by atoms with Crippen molar-refractivity contribution in [2.45, 2.75) is 23.9 Å². The summed E-state index contributed by atoms with van der Waals surface area (Å²) in [6.45, 7) is 1.98. The molecule has 2 rings (SSSR count). The van der Waals surface area contributed by atoms with Gasteiger partial charge in [0.1, 0.15) is 5.82 Å². The van der Waals surface area contributed by atoms with Gasteiger partial charge in [0.15, 0.2) is 0 Å². The highest BCUT2D eigenvalue weighted by Crippen LogP contribution is 2.23. The fourth-order valence-electron chi connectivity index (χ4n) is 1.19. The minimum absolute atomic E-state index is 0.0475. The molecule has 2 N–H and O–H groups in total. The lowest BCUT2D eigenvalue weighted by molar-refractivity contribution is 0.415. The largest absolute Gasteiger partial charge is 0.333 e. The van der Waals surface area contributed by atoms with Crippen molar-refractivity contribution in [3.63, 3.8) is 0 Å². The minimum Gasteiger partial charge on any atom is -0.333 e. The molecule has 0 aliphatic carbocycles. The highest BCUT2D eigenvalue weighted by Gasteiger charge is 2.11. The Morgan fingerprint density at radius 3 is 2.76 bits per heavy atom. The molecule has 0 radical (unpaired) electrons. The monoisotopic (exact) mass is 253 g/mol. The van der Waals surface area contributed by atoms with Gasteiger partial charge >= 0.3 is 0 Å². The van der Waals surface area contributed by atoms with Gasteiger partial charge in [-0.25, -0.2) is 4.39 Å². The van der Waals surface area contributed by atoms with E-state index in [2.05, 4.69) is 10.1 Å². The fourth-order valence-corrected chi connectivity index (χ4v) is 1.84. The lowest BCUT2D eigenvalue weighted by Gasteiger charge is -2.01. The number of benzene rings is 1. The van der Waals surface area contributed by atoms with E-state index in [0.717, 1.165) is 6.42 Å². The summed E-state index contributed by atoms with van der Waals surface area (Å²) in [7, 11) is 0. The number of nitrogens with zero attached hydrogens (tertiary/aromatic N) is 2. The molecular formula is C11H12FN3OS. The Morgan fingerprint density at radius 2 is 2.12 bits per heavy atom. The minimum atomic E-state index is -0.295. The number of halogens is 1. The predicted octanol–water partition coefficient (Wildman–Crippen LogP) is 2.66. The molecule has 1 heterocycles. The molecule has 1 aromatic carbocycles. The number of hydrogen-bond acceptors (Lipinski definition) is 5. The molecule has 0 aliphatic heterocycles. The average molecular weight is 253 g/mol. The molecule has 0 bridgehead atoms. The van der Waals surface area contributed by atoms with Gasteiger partial charge < -0.3 is 10.3 Å². The Labute approximate surface area is 102 Å². The second-order valence-corrected chi connectivity index (χ2v) is 4.66. The zero-order valence-electron chi connectivity index (χ0n) is 9.26. The maximum absolute atomic E-state index is 12.7. The van der Waals surface area contributed by atoms with E-state index in [1.165, 1.54) is 23.9 Å². The lowest BCUT2D eigenvalue weighted by Crippen LogP contribution is -2.13. The first-order valence-electron chi connectivity index (χ1n) is 5.21. The Kier molecular flexibility index (Phi) is 3.75. The van der Waals surface area contributed by atoms with E-state index in [1.807, 2.05) is 6.92 Å². The van der Waals surface area contributed by atoms with E-state index in [1.54, 1.807) is 12.1 Å². The topological polar surface area (TPSA) is 64.9 Å². The molecule has 0 amide bonds. The number of hydrogen-bond donors (Lipinski definition) is 1. The van der Waals surface area contributed by atoms with E-state index in [0.29, 0.717) is 16.6 Å².